The van der Waals surface area contributed by atoms with Gasteiger partial charge in [0.1, 0.15) is 24.2 Å². The molecule has 0 aliphatic rings. The number of carboxylic acid groups (broad SMARTS) is 2. The highest BCUT2D eigenvalue weighted by atomic mass is 32.1. The Kier molecular flexibility index (Phi) is 18.5. The van der Waals surface area contributed by atoms with E-state index < -0.39 is 78.3 Å². The zero-order valence-electron chi connectivity index (χ0n) is 23.3. The number of nitrogens with one attached hydrogen (secondary N) is 4. The molecule has 0 saturated heterocycles. The average Bonchev–Trinajstić information content (AvgIpc) is 2.90. The zero-order chi connectivity index (χ0) is 32.4. The number of guanidine groups is 1. The predicted molar refractivity (Wildman–Crippen MR) is 154 cm³/mol. The van der Waals surface area contributed by atoms with Crippen molar-refractivity contribution in [1.29, 1.82) is 0 Å². The van der Waals surface area contributed by atoms with E-state index in [1.54, 1.807) is 0 Å². The van der Waals surface area contributed by atoms with Crippen LogP contribution < -0.4 is 44.2 Å². The van der Waals surface area contributed by atoms with Crippen LogP contribution in [0.25, 0.3) is 0 Å². The highest BCUT2D eigenvalue weighted by Gasteiger charge is 2.34. The number of nitrogens with zero attached hydrogens (tertiary/aromatic N) is 1. The molecule has 15 N–H and O–H groups in total. The van der Waals surface area contributed by atoms with Crippen molar-refractivity contribution >= 4 is 54.2 Å². The number of carboxylic acids is 2. The summed E-state index contributed by atoms with van der Waals surface area (Å²) < 4.78 is 0. The van der Waals surface area contributed by atoms with Gasteiger partial charge in [-0.3, -0.25) is 29.0 Å². The topological polar surface area (TPSA) is 328 Å². The van der Waals surface area contributed by atoms with Gasteiger partial charge in [0.2, 0.25) is 23.6 Å². The maximum Gasteiger partial charge on any atom is 0.327 e. The number of nitrogens with two attached hydrogens (primary N) is 4. The van der Waals surface area contributed by atoms with Crippen LogP contribution in [0.1, 0.15) is 45.4 Å². The molecule has 0 aromatic rings. The van der Waals surface area contributed by atoms with Crippen molar-refractivity contribution < 1.29 is 44.1 Å². The number of aliphatic hydroxyl groups is 1. The summed E-state index contributed by atoms with van der Waals surface area (Å²) in [7, 11) is 0. The van der Waals surface area contributed by atoms with E-state index in [4.69, 9.17) is 22.9 Å². The molecule has 0 aromatic carbocycles. The summed E-state index contributed by atoms with van der Waals surface area (Å²) in [5.74, 6) is -7.16. The number of rotatable bonds is 21. The molecular weight excluding hydrogens is 578 g/mol. The first-order chi connectivity index (χ1) is 19.6. The van der Waals surface area contributed by atoms with Crippen LogP contribution in [0.2, 0.25) is 0 Å². The van der Waals surface area contributed by atoms with Crippen LogP contribution in [-0.4, -0.2) is 112 Å². The fourth-order valence-electron chi connectivity index (χ4n) is 3.45. The second-order valence-corrected chi connectivity index (χ2v) is 9.73. The lowest BCUT2D eigenvalue weighted by Gasteiger charge is -2.27. The van der Waals surface area contributed by atoms with Gasteiger partial charge in [0, 0.05) is 12.3 Å². The van der Waals surface area contributed by atoms with E-state index in [-0.39, 0.29) is 37.5 Å². The molecular formula is C23H43N9O9S. The molecule has 0 spiro atoms. The number of aliphatic hydroxyl groups excluding tert-OH is 1. The molecule has 6 atom stereocenters. The Morgan fingerprint density at radius 2 is 1.38 bits per heavy atom. The van der Waals surface area contributed by atoms with Crippen molar-refractivity contribution in [3.05, 3.63) is 0 Å². The Balaban J connectivity index is 5.76. The van der Waals surface area contributed by atoms with E-state index in [1.807, 2.05) is 0 Å². The van der Waals surface area contributed by atoms with Gasteiger partial charge in [-0.15, -0.1) is 0 Å². The van der Waals surface area contributed by atoms with Gasteiger partial charge < -0.3 is 59.5 Å². The van der Waals surface area contributed by atoms with Gasteiger partial charge in [-0.25, -0.2) is 4.79 Å². The summed E-state index contributed by atoms with van der Waals surface area (Å²) >= 11 is 3.88. The number of unbranched alkanes of at least 4 members (excludes halogenated alkanes) is 1. The molecule has 0 rings (SSSR count). The van der Waals surface area contributed by atoms with Crippen molar-refractivity contribution in [2.75, 3.05) is 18.8 Å². The minimum Gasteiger partial charge on any atom is -0.481 e. The number of carbonyl (C=O) groups is 6. The van der Waals surface area contributed by atoms with Crippen LogP contribution >= 0.6 is 12.6 Å². The molecule has 0 aliphatic carbocycles. The molecule has 42 heavy (non-hydrogen) atoms. The molecule has 18 nitrogen and oxygen atoms in total. The standard InChI is InChI=1S/C23H43N9O9S/c1-11(33)17(32-20(38)14(9-16(34)35)30-18(36)12(25)5-2-3-7-24)21(39)29-13(6-4-8-28-23(26)27)19(37)31-15(10-42)22(40)41/h11-15,17,33,42H,2-10,24-25H2,1H3,(H,29,39)(H,30,36)(H,31,37)(H,32,38)(H,34,35)(H,40,41)(H4,26,27,28). The fourth-order valence-corrected chi connectivity index (χ4v) is 3.70. The first-order valence-electron chi connectivity index (χ1n) is 13.1. The molecule has 0 fully saturated rings. The van der Waals surface area contributed by atoms with Crippen LogP contribution in [0.4, 0.5) is 0 Å². The summed E-state index contributed by atoms with van der Waals surface area (Å²) in [4.78, 5) is 77.7. The molecule has 0 saturated carbocycles. The molecule has 19 heteroatoms. The van der Waals surface area contributed by atoms with Crippen LogP contribution in [0, 0.1) is 0 Å². The minimum atomic E-state index is -1.71. The van der Waals surface area contributed by atoms with Crippen molar-refractivity contribution in [1.82, 2.24) is 21.3 Å². The molecule has 0 bridgehead atoms. The number of thiol groups is 1. The zero-order valence-corrected chi connectivity index (χ0v) is 24.2. The van der Waals surface area contributed by atoms with Gasteiger partial charge in [0.15, 0.2) is 5.96 Å². The molecule has 240 valence electrons. The van der Waals surface area contributed by atoms with Gasteiger partial charge in [-0.05, 0) is 39.2 Å². The SMILES string of the molecule is CC(O)C(NC(=O)C(CC(=O)O)NC(=O)C(N)CCCCN)C(=O)NC(CCCN=C(N)N)C(=O)NC(CS)C(=O)O. The van der Waals surface area contributed by atoms with Gasteiger partial charge in [-0.1, -0.05) is 6.42 Å². The number of aliphatic imine (C=N–C) groups is 1. The number of hydrogen-bond acceptors (Lipinski definition) is 11. The summed E-state index contributed by atoms with van der Waals surface area (Å²) in [5, 5.41) is 37.7. The largest absolute Gasteiger partial charge is 0.481 e. The number of carbonyl (C=O) groups excluding carboxylic acids is 4. The van der Waals surface area contributed by atoms with Gasteiger partial charge >= 0.3 is 11.9 Å². The normalized spacial score (nSPS) is 15.1. The summed E-state index contributed by atoms with van der Waals surface area (Å²) in [6.07, 6.45) is -0.977. The van der Waals surface area contributed by atoms with Crippen molar-refractivity contribution in [2.24, 2.45) is 27.9 Å². The molecule has 4 amide bonds. The van der Waals surface area contributed by atoms with E-state index in [1.165, 1.54) is 0 Å². The van der Waals surface area contributed by atoms with Gasteiger partial charge in [-0.2, -0.15) is 12.6 Å². The van der Waals surface area contributed by atoms with E-state index in [2.05, 4.69) is 38.9 Å². The van der Waals surface area contributed by atoms with E-state index in [0.717, 1.165) is 6.92 Å². The molecule has 0 radical (unpaired) electrons. The van der Waals surface area contributed by atoms with E-state index >= 15 is 0 Å². The molecule has 0 heterocycles. The highest BCUT2D eigenvalue weighted by Crippen LogP contribution is 2.05. The Labute approximate surface area is 248 Å². The van der Waals surface area contributed by atoms with Crippen molar-refractivity contribution in [2.45, 2.75) is 81.8 Å². The van der Waals surface area contributed by atoms with Crippen LogP contribution in [-0.2, 0) is 28.8 Å². The third kappa shape index (κ3) is 15.4. The monoisotopic (exact) mass is 621 g/mol. The first-order valence-corrected chi connectivity index (χ1v) is 13.7. The number of hydrogen-bond donors (Lipinski definition) is 12. The maximum atomic E-state index is 13.1. The second-order valence-electron chi connectivity index (χ2n) is 9.37. The average molecular weight is 622 g/mol. The fraction of sp³-hybridized carbons (Fsp3) is 0.696. The highest BCUT2D eigenvalue weighted by molar-refractivity contribution is 7.80. The Bertz CT molecular complexity index is 964. The Morgan fingerprint density at radius 3 is 1.88 bits per heavy atom. The quantitative estimate of drug-likeness (QED) is 0.0248. The Hall–Kier alpha value is -3.68. The van der Waals surface area contributed by atoms with Crippen LogP contribution in [0.5, 0.6) is 0 Å². The van der Waals surface area contributed by atoms with Gasteiger partial charge in [0.25, 0.3) is 0 Å². The predicted octanol–water partition coefficient (Wildman–Crippen LogP) is -4.69. The lowest BCUT2D eigenvalue weighted by molar-refractivity contribution is -0.142. The lowest BCUT2D eigenvalue weighted by Crippen LogP contribution is -2.61. The summed E-state index contributed by atoms with van der Waals surface area (Å²) in [6, 6.07) is -7.16. The molecule has 6 unspecified atom stereocenters. The third-order valence-electron chi connectivity index (χ3n) is 5.76. The minimum absolute atomic E-state index is 0.0679. The van der Waals surface area contributed by atoms with Crippen LogP contribution in [0.3, 0.4) is 0 Å². The smallest absolute Gasteiger partial charge is 0.327 e. The molecule has 0 aromatic heterocycles. The third-order valence-corrected chi connectivity index (χ3v) is 6.12. The van der Waals surface area contributed by atoms with Gasteiger partial charge in [0.05, 0.1) is 18.6 Å². The van der Waals surface area contributed by atoms with E-state index in [0.29, 0.717) is 19.4 Å². The first kappa shape index (κ1) is 38.3. The lowest BCUT2D eigenvalue weighted by atomic mass is 10.1. The summed E-state index contributed by atoms with van der Waals surface area (Å²) in [6.45, 7) is 1.60. The van der Waals surface area contributed by atoms with Crippen molar-refractivity contribution in [3.8, 4) is 0 Å². The number of aliphatic carboxylic acids is 2. The Morgan fingerprint density at radius 1 is 0.810 bits per heavy atom. The summed E-state index contributed by atoms with van der Waals surface area (Å²) in [5.41, 5.74) is 21.8. The number of amides is 4. The van der Waals surface area contributed by atoms with Crippen molar-refractivity contribution in [3.63, 3.8) is 0 Å². The molecule has 0 aliphatic heterocycles. The van der Waals surface area contributed by atoms with E-state index in [9.17, 15) is 44.1 Å². The maximum absolute atomic E-state index is 13.1. The second kappa shape index (κ2) is 20.2. The van der Waals surface area contributed by atoms with Crippen LogP contribution in [0.15, 0.2) is 4.99 Å².